The molecular formula is C34H39N3O4. The van der Waals surface area contributed by atoms with Gasteiger partial charge in [0.25, 0.3) is 5.91 Å². The summed E-state index contributed by atoms with van der Waals surface area (Å²) >= 11 is 0. The Bertz CT molecular complexity index is 1360. The molecule has 0 saturated carbocycles. The van der Waals surface area contributed by atoms with Crippen LogP contribution in [0.3, 0.4) is 0 Å². The summed E-state index contributed by atoms with van der Waals surface area (Å²) in [5.74, 6) is 2.46. The lowest BCUT2D eigenvalue weighted by Crippen LogP contribution is -2.47. The molecule has 4 aromatic rings. The van der Waals surface area contributed by atoms with Crippen molar-refractivity contribution >= 4 is 5.91 Å². The minimum atomic E-state index is -0.116. The van der Waals surface area contributed by atoms with Crippen LogP contribution in [0.1, 0.15) is 39.0 Å². The number of amides is 1. The molecule has 0 unspecified atom stereocenters. The van der Waals surface area contributed by atoms with E-state index in [9.17, 15) is 4.79 Å². The molecular weight excluding hydrogens is 514 g/mol. The maximum Gasteiger partial charge on any atom is 0.289 e. The van der Waals surface area contributed by atoms with Crippen LogP contribution in [-0.2, 0) is 13.0 Å². The predicted molar refractivity (Wildman–Crippen MR) is 160 cm³/mol. The highest BCUT2D eigenvalue weighted by Gasteiger charge is 2.27. The molecule has 3 aromatic carbocycles. The summed E-state index contributed by atoms with van der Waals surface area (Å²) in [6, 6.07) is 31.3. The van der Waals surface area contributed by atoms with E-state index < -0.39 is 0 Å². The van der Waals surface area contributed by atoms with E-state index in [0.29, 0.717) is 36.8 Å². The van der Waals surface area contributed by atoms with E-state index in [1.165, 1.54) is 11.1 Å². The van der Waals surface area contributed by atoms with E-state index in [0.717, 1.165) is 37.5 Å². The Hall–Kier alpha value is -4.07. The minimum absolute atomic E-state index is 0.116. The van der Waals surface area contributed by atoms with Gasteiger partial charge in [0.15, 0.2) is 17.3 Å². The number of piperazine rings is 1. The Labute approximate surface area is 242 Å². The van der Waals surface area contributed by atoms with Crippen LogP contribution >= 0.6 is 0 Å². The second-order valence-electron chi connectivity index (χ2n) is 10.5. The van der Waals surface area contributed by atoms with Crippen molar-refractivity contribution in [3.63, 3.8) is 0 Å². The van der Waals surface area contributed by atoms with Crippen LogP contribution in [0.4, 0.5) is 0 Å². The monoisotopic (exact) mass is 553 g/mol. The molecule has 1 amide bonds. The summed E-state index contributed by atoms with van der Waals surface area (Å²) < 4.78 is 16.7. The molecule has 41 heavy (non-hydrogen) atoms. The smallest absolute Gasteiger partial charge is 0.289 e. The first-order chi connectivity index (χ1) is 20.1. The second-order valence-corrected chi connectivity index (χ2v) is 10.5. The highest BCUT2D eigenvalue weighted by Crippen LogP contribution is 2.30. The number of carbonyl (C=O) groups excluding carboxylic acids is 1. The summed E-state index contributed by atoms with van der Waals surface area (Å²) in [7, 11) is 5.05. The van der Waals surface area contributed by atoms with Gasteiger partial charge in [0.2, 0.25) is 0 Å². The number of hydrogen-bond acceptors (Lipinski definition) is 6. The number of likely N-dealkylation sites (N-methyl/N-ethyl adjacent to an activating group) is 1. The number of carbonyl (C=O) groups is 1. The molecule has 0 bridgehead atoms. The molecule has 1 aliphatic heterocycles. The number of nitrogens with zero attached hydrogens (tertiary/aromatic N) is 3. The Morgan fingerprint density at radius 2 is 1.46 bits per heavy atom. The summed E-state index contributed by atoms with van der Waals surface area (Å²) in [5.41, 5.74) is 3.71. The van der Waals surface area contributed by atoms with Gasteiger partial charge in [-0.05, 0) is 47.4 Å². The highest BCUT2D eigenvalue weighted by atomic mass is 16.5. The summed E-state index contributed by atoms with van der Waals surface area (Å²) in [6.45, 7) is 5.05. The van der Waals surface area contributed by atoms with Crippen LogP contribution in [0.2, 0.25) is 0 Å². The fourth-order valence-corrected chi connectivity index (χ4v) is 5.49. The Morgan fingerprint density at radius 3 is 2.07 bits per heavy atom. The molecule has 0 aliphatic carbocycles. The molecule has 5 rings (SSSR count). The van der Waals surface area contributed by atoms with Gasteiger partial charge in [-0.15, -0.1) is 0 Å². The third-order valence-electron chi connectivity index (χ3n) is 7.79. The Morgan fingerprint density at radius 1 is 0.829 bits per heavy atom. The van der Waals surface area contributed by atoms with E-state index in [4.69, 9.17) is 13.9 Å². The van der Waals surface area contributed by atoms with E-state index in [-0.39, 0.29) is 11.9 Å². The molecule has 7 nitrogen and oxygen atoms in total. The van der Waals surface area contributed by atoms with Crippen molar-refractivity contribution in [2.45, 2.75) is 19.0 Å². The van der Waals surface area contributed by atoms with Gasteiger partial charge < -0.3 is 18.8 Å². The van der Waals surface area contributed by atoms with E-state index >= 15 is 0 Å². The maximum atomic E-state index is 13.0. The number of rotatable bonds is 11. The lowest BCUT2D eigenvalue weighted by molar-refractivity contribution is 0.0754. The molecule has 1 saturated heterocycles. The van der Waals surface area contributed by atoms with Gasteiger partial charge in [0, 0.05) is 39.8 Å². The van der Waals surface area contributed by atoms with Crippen LogP contribution in [-0.4, -0.2) is 74.6 Å². The molecule has 1 aliphatic rings. The molecule has 0 N–H and O–H groups in total. The van der Waals surface area contributed by atoms with E-state index in [1.807, 2.05) is 24.3 Å². The number of hydrogen-bond donors (Lipinski definition) is 0. The molecule has 7 heteroatoms. The van der Waals surface area contributed by atoms with Gasteiger partial charge in [-0.25, -0.2) is 0 Å². The number of furan rings is 1. The molecule has 1 fully saturated rings. The van der Waals surface area contributed by atoms with Crippen LogP contribution in [0.15, 0.2) is 95.4 Å². The number of methoxy groups -OCH3 is 2. The van der Waals surface area contributed by atoms with Crippen molar-refractivity contribution in [3.8, 4) is 11.5 Å². The van der Waals surface area contributed by atoms with Gasteiger partial charge in [0.05, 0.1) is 26.8 Å². The van der Waals surface area contributed by atoms with E-state index in [1.54, 1.807) is 32.2 Å². The minimum Gasteiger partial charge on any atom is -0.493 e. The average molecular weight is 554 g/mol. The molecule has 214 valence electrons. The highest BCUT2D eigenvalue weighted by molar-refractivity contribution is 5.91. The fourth-order valence-electron chi connectivity index (χ4n) is 5.49. The Kier molecular flexibility index (Phi) is 9.39. The lowest BCUT2D eigenvalue weighted by atomic mass is 9.96. The summed E-state index contributed by atoms with van der Waals surface area (Å²) in [4.78, 5) is 19.7. The Balaban J connectivity index is 1.14. The summed E-state index contributed by atoms with van der Waals surface area (Å²) in [6.07, 6.45) is 0.702. The zero-order chi connectivity index (χ0) is 28.6. The van der Waals surface area contributed by atoms with Crippen LogP contribution in [0.25, 0.3) is 0 Å². The van der Waals surface area contributed by atoms with Crippen LogP contribution in [0.5, 0.6) is 11.5 Å². The van der Waals surface area contributed by atoms with E-state index in [2.05, 4.69) is 70.5 Å². The SMILES string of the molecule is COc1ccc(CCN(C)C(=O)c2ccc(CN3CCN(C(c4ccccc4)c4ccccc4)CC3)o2)cc1OC. The van der Waals surface area contributed by atoms with Gasteiger partial charge in [-0.3, -0.25) is 14.6 Å². The average Bonchev–Trinajstić information content (AvgIpc) is 3.49. The molecule has 1 aromatic heterocycles. The number of benzene rings is 3. The van der Waals surface area contributed by atoms with Crippen LogP contribution < -0.4 is 9.47 Å². The number of ether oxygens (including phenoxy) is 2. The lowest BCUT2D eigenvalue weighted by Gasteiger charge is -2.39. The van der Waals surface area contributed by atoms with Gasteiger partial charge in [-0.2, -0.15) is 0 Å². The zero-order valence-electron chi connectivity index (χ0n) is 24.2. The largest absolute Gasteiger partial charge is 0.493 e. The summed E-state index contributed by atoms with van der Waals surface area (Å²) in [5, 5.41) is 0. The van der Waals surface area contributed by atoms with Crippen molar-refractivity contribution in [2.24, 2.45) is 0 Å². The van der Waals surface area contributed by atoms with Crippen LogP contribution in [0, 0.1) is 0 Å². The second kappa shape index (κ2) is 13.5. The zero-order valence-corrected chi connectivity index (χ0v) is 24.2. The maximum absolute atomic E-state index is 13.0. The fraction of sp³-hybridized carbons (Fsp3) is 0.324. The third-order valence-corrected chi connectivity index (χ3v) is 7.79. The molecule has 0 spiro atoms. The van der Waals surface area contributed by atoms with Gasteiger partial charge in [-0.1, -0.05) is 66.7 Å². The molecule has 2 heterocycles. The van der Waals surface area contributed by atoms with Crippen molar-refractivity contribution < 1.29 is 18.7 Å². The van der Waals surface area contributed by atoms with Gasteiger partial charge in [0.1, 0.15) is 5.76 Å². The first-order valence-corrected chi connectivity index (χ1v) is 14.2. The van der Waals surface area contributed by atoms with Gasteiger partial charge >= 0.3 is 0 Å². The van der Waals surface area contributed by atoms with Crippen molar-refractivity contribution in [1.82, 2.24) is 14.7 Å². The molecule has 0 atom stereocenters. The quantitative estimate of drug-likeness (QED) is 0.244. The first-order valence-electron chi connectivity index (χ1n) is 14.2. The van der Waals surface area contributed by atoms with Crippen molar-refractivity contribution in [1.29, 1.82) is 0 Å². The predicted octanol–water partition coefficient (Wildman–Crippen LogP) is 5.52. The standard InChI is InChI=1S/C34H39N3O4/c1-35(19-18-26-14-16-30(39-2)32(24-26)40-3)34(38)31-17-15-29(41-31)25-36-20-22-37(23-21-36)33(27-10-6-4-7-11-27)28-12-8-5-9-13-28/h4-17,24,33H,18-23,25H2,1-3H3. The normalized spacial score (nSPS) is 14.2. The third kappa shape index (κ3) is 6.99. The van der Waals surface area contributed by atoms with Crippen molar-refractivity contribution in [2.75, 3.05) is 54.0 Å². The topological polar surface area (TPSA) is 58.4 Å². The van der Waals surface area contributed by atoms with Crippen molar-refractivity contribution in [3.05, 3.63) is 119 Å². The molecule has 0 radical (unpaired) electrons. The first kappa shape index (κ1) is 28.5.